The number of fused-ring (bicyclic) bond motifs is 1. The van der Waals surface area contributed by atoms with Crippen LogP contribution in [0.1, 0.15) is 19.4 Å². The number of hydrogen-bond donors (Lipinski definition) is 1. The lowest BCUT2D eigenvalue weighted by molar-refractivity contribution is -0.112. The van der Waals surface area contributed by atoms with Crippen molar-refractivity contribution in [3.05, 3.63) is 46.4 Å². The molecule has 1 aromatic carbocycles. The quantitative estimate of drug-likeness (QED) is 0.813. The molecule has 1 amide bonds. The zero-order valence-corrected chi connectivity index (χ0v) is 11.0. The van der Waals surface area contributed by atoms with Crippen LogP contribution in [0.5, 0.6) is 0 Å². The molecule has 2 rings (SSSR count). The highest BCUT2D eigenvalue weighted by atomic mass is 32.2. The van der Waals surface area contributed by atoms with Crippen LogP contribution >= 0.6 is 11.8 Å². The fourth-order valence-corrected chi connectivity index (χ4v) is 2.72. The highest BCUT2D eigenvalue weighted by Crippen LogP contribution is 2.37. The normalized spacial score (nSPS) is 15.8. The summed E-state index contributed by atoms with van der Waals surface area (Å²) >= 11 is 1.64. The summed E-state index contributed by atoms with van der Waals surface area (Å²) < 4.78 is 0. The smallest absolute Gasteiger partial charge is 0.256 e. The number of thioether (sulfide) groups is 1. The van der Waals surface area contributed by atoms with E-state index in [1.165, 1.54) is 0 Å². The summed E-state index contributed by atoms with van der Waals surface area (Å²) in [6, 6.07) is 6.12. The lowest BCUT2D eigenvalue weighted by atomic mass is 10.2. The first-order valence-electron chi connectivity index (χ1n) is 5.55. The van der Waals surface area contributed by atoms with Crippen LogP contribution < -0.4 is 5.32 Å². The second kappa shape index (κ2) is 4.80. The van der Waals surface area contributed by atoms with Gasteiger partial charge in [0.2, 0.25) is 0 Å². The monoisotopic (exact) mass is 245 g/mol. The first-order valence-corrected chi connectivity index (χ1v) is 6.37. The van der Waals surface area contributed by atoms with Crippen LogP contribution in [0.4, 0.5) is 5.69 Å². The van der Waals surface area contributed by atoms with Crippen LogP contribution in [0.3, 0.4) is 0 Å². The summed E-state index contributed by atoms with van der Waals surface area (Å²) in [6.07, 6.45) is 3.75. The third-order valence-corrected chi connectivity index (χ3v) is 3.71. The molecule has 1 aromatic rings. The third-order valence-electron chi connectivity index (χ3n) is 2.60. The minimum Gasteiger partial charge on any atom is -0.321 e. The molecule has 0 aromatic heterocycles. The van der Waals surface area contributed by atoms with Crippen molar-refractivity contribution < 1.29 is 4.79 Å². The second-order valence-corrected chi connectivity index (χ2v) is 5.28. The Hall–Kier alpha value is -1.48. The minimum absolute atomic E-state index is 0.0301. The van der Waals surface area contributed by atoms with Gasteiger partial charge in [0.25, 0.3) is 5.91 Å². The first kappa shape index (κ1) is 12.0. The Labute approximate surface area is 106 Å². The predicted molar refractivity (Wildman–Crippen MR) is 73.2 cm³/mol. The molecule has 1 heterocycles. The van der Waals surface area contributed by atoms with Gasteiger partial charge in [-0.25, -0.2) is 0 Å². The number of nitrogens with one attached hydrogen (secondary N) is 1. The summed E-state index contributed by atoms with van der Waals surface area (Å²) in [7, 11) is 0. The van der Waals surface area contributed by atoms with E-state index in [1.807, 2.05) is 39.0 Å². The second-order valence-electron chi connectivity index (χ2n) is 4.03. The summed E-state index contributed by atoms with van der Waals surface area (Å²) in [5.41, 5.74) is 2.79. The molecule has 88 valence electrons. The Morgan fingerprint density at radius 1 is 1.29 bits per heavy atom. The number of amides is 1. The number of hydrogen-bond acceptors (Lipinski definition) is 2. The maximum absolute atomic E-state index is 12.1. The number of carbonyl (C=O) groups is 1. The van der Waals surface area contributed by atoms with Crippen LogP contribution in [0, 0.1) is 6.92 Å². The van der Waals surface area contributed by atoms with E-state index in [0.717, 1.165) is 26.6 Å². The van der Waals surface area contributed by atoms with Crippen molar-refractivity contribution in [2.75, 3.05) is 5.32 Å². The van der Waals surface area contributed by atoms with Crippen molar-refractivity contribution in [3.8, 4) is 0 Å². The molecule has 3 heteroatoms. The SMILES string of the molecule is C/C=C\C1=C(C)Sc2ccc(C)cc2NC1=O. The molecule has 1 N–H and O–H groups in total. The topological polar surface area (TPSA) is 29.1 Å². The van der Waals surface area contributed by atoms with Crippen LogP contribution in [-0.4, -0.2) is 5.91 Å². The van der Waals surface area contributed by atoms with E-state index < -0.39 is 0 Å². The van der Waals surface area contributed by atoms with Gasteiger partial charge in [0.15, 0.2) is 0 Å². The van der Waals surface area contributed by atoms with Crippen molar-refractivity contribution in [1.29, 1.82) is 0 Å². The number of benzene rings is 1. The zero-order valence-electron chi connectivity index (χ0n) is 10.2. The van der Waals surface area contributed by atoms with Crippen molar-refractivity contribution in [2.24, 2.45) is 0 Å². The van der Waals surface area contributed by atoms with E-state index in [9.17, 15) is 4.79 Å². The summed E-state index contributed by atoms with van der Waals surface area (Å²) in [6.45, 7) is 5.92. The Kier molecular flexibility index (Phi) is 3.38. The fourth-order valence-electron chi connectivity index (χ4n) is 1.76. The van der Waals surface area contributed by atoms with E-state index in [4.69, 9.17) is 0 Å². The van der Waals surface area contributed by atoms with E-state index in [1.54, 1.807) is 11.8 Å². The number of rotatable bonds is 1. The lowest BCUT2D eigenvalue weighted by Crippen LogP contribution is -2.13. The Balaban J connectivity index is 2.48. The van der Waals surface area contributed by atoms with Gasteiger partial charge in [0.05, 0.1) is 5.69 Å². The average Bonchev–Trinajstić information content (AvgIpc) is 2.38. The van der Waals surface area contributed by atoms with Crippen LogP contribution in [0.2, 0.25) is 0 Å². The number of carbonyl (C=O) groups excluding carboxylic acids is 1. The van der Waals surface area contributed by atoms with Gasteiger partial charge in [-0.15, -0.1) is 0 Å². The molecular formula is C14H15NOS. The molecule has 1 aliphatic heterocycles. The Morgan fingerprint density at radius 3 is 2.76 bits per heavy atom. The molecule has 17 heavy (non-hydrogen) atoms. The summed E-state index contributed by atoms with van der Waals surface area (Å²) in [5.74, 6) is -0.0301. The van der Waals surface area contributed by atoms with Crippen LogP contribution in [0.15, 0.2) is 45.7 Å². The summed E-state index contributed by atoms with van der Waals surface area (Å²) in [5, 5.41) is 2.96. The van der Waals surface area contributed by atoms with Crippen molar-refractivity contribution in [2.45, 2.75) is 25.7 Å². The molecule has 0 bridgehead atoms. The summed E-state index contributed by atoms with van der Waals surface area (Å²) in [4.78, 5) is 14.2. The molecule has 0 radical (unpaired) electrons. The number of aryl methyl sites for hydroxylation is 1. The molecule has 0 spiro atoms. The van der Waals surface area contributed by atoms with E-state index >= 15 is 0 Å². The van der Waals surface area contributed by atoms with E-state index in [0.29, 0.717) is 0 Å². The van der Waals surface area contributed by atoms with Gasteiger partial charge in [-0.3, -0.25) is 4.79 Å². The van der Waals surface area contributed by atoms with Crippen LogP contribution in [0.25, 0.3) is 0 Å². The minimum atomic E-state index is -0.0301. The van der Waals surface area contributed by atoms with Gasteiger partial charge in [-0.05, 0) is 43.4 Å². The van der Waals surface area contributed by atoms with Gasteiger partial charge < -0.3 is 5.32 Å². The molecule has 0 saturated carbocycles. The highest BCUT2D eigenvalue weighted by molar-refractivity contribution is 8.03. The highest BCUT2D eigenvalue weighted by Gasteiger charge is 2.18. The zero-order chi connectivity index (χ0) is 12.4. The fraction of sp³-hybridized carbons (Fsp3) is 0.214. The molecule has 0 fully saturated rings. The average molecular weight is 245 g/mol. The molecular weight excluding hydrogens is 230 g/mol. The molecule has 0 atom stereocenters. The molecule has 0 aliphatic carbocycles. The molecule has 2 nitrogen and oxygen atoms in total. The van der Waals surface area contributed by atoms with Gasteiger partial charge >= 0.3 is 0 Å². The van der Waals surface area contributed by atoms with E-state index in [2.05, 4.69) is 17.4 Å². The maximum Gasteiger partial charge on any atom is 0.256 e. The van der Waals surface area contributed by atoms with Gasteiger partial charge in [-0.1, -0.05) is 30.0 Å². The standard InChI is InChI=1S/C14H15NOS/c1-4-5-11-10(3)17-13-7-6-9(2)8-12(13)15-14(11)16/h4-8H,1-3H3,(H,15,16)/b5-4-. The number of allylic oxidation sites excluding steroid dienone is 2. The number of anilines is 1. The Morgan fingerprint density at radius 2 is 2.06 bits per heavy atom. The Bertz CT molecular complexity index is 529. The predicted octanol–water partition coefficient (Wildman–Crippen LogP) is 3.89. The van der Waals surface area contributed by atoms with Gasteiger partial charge in [-0.2, -0.15) is 0 Å². The van der Waals surface area contributed by atoms with Crippen molar-refractivity contribution >= 4 is 23.4 Å². The van der Waals surface area contributed by atoms with Crippen LogP contribution in [-0.2, 0) is 4.79 Å². The first-order chi connectivity index (χ1) is 8.11. The van der Waals surface area contributed by atoms with Gasteiger partial charge in [0, 0.05) is 10.5 Å². The van der Waals surface area contributed by atoms with Crippen molar-refractivity contribution in [1.82, 2.24) is 0 Å². The lowest BCUT2D eigenvalue weighted by Gasteiger charge is -2.06. The largest absolute Gasteiger partial charge is 0.321 e. The molecule has 1 aliphatic rings. The van der Waals surface area contributed by atoms with E-state index in [-0.39, 0.29) is 5.91 Å². The third kappa shape index (κ3) is 2.44. The van der Waals surface area contributed by atoms with Gasteiger partial charge in [0.1, 0.15) is 0 Å². The van der Waals surface area contributed by atoms with Crippen molar-refractivity contribution in [3.63, 3.8) is 0 Å². The molecule has 0 unspecified atom stereocenters. The maximum atomic E-state index is 12.1. The molecule has 0 saturated heterocycles.